The second-order valence-electron chi connectivity index (χ2n) is 5.71. The van der Waals surface area contributed by atoms with Gasteiger partial charge in [0, 0.05) is 11.5 Å². The van der Waals surface area contributed by atoms with Crippen molar-refractivity contribution in [3.63, 3.8) is 0 Å². The van der Waals surface area contributed by atoms with Crippen LogP contribution in [0.25, 0.3) is 0 Å². The molecule has 0 N–H and O–H groups in total. The van der Waals surface area contributed by atoms with Crippen LogP contribution in [-0.4, -0.2) is 41.0 Å². The maximum absolute atomic E-state index is 5.38. The van der Waals surface area contributed by atoms with Gasteiger partial charge in [-0.15, -0.1) is 23.5 Å². The molecule has 0 aromatic heterocycles. The van der Waals surface area contributed by atoms with Crippen molar-refractivity contribution in [2.24, 2.45) is 0 Å². The van der Waals surface area contributed by atoms with Crippen molar-refractivity contribution < 1.29 is 9.47 Å². The summed E-state index contributed by atoms with van der Waals surface area (Å²) >= 11 is 4.38. The largest absolute Gasteiger partial charge is 0.372 e. The topological polar surface area (TPSA) is 25.1 Å². The third-order valence-electron chi connectivity index (χ3n) is 3.98. The zero-order chi connectivity index (χ0) is 12.3. The molecule has 2 unspecified atom stereocenters. The van der Waals surface area contributed by atoms with E-state index in [9.17, 15) is 0 Å². The van der Waals surface area contributed by atoms with Crippen molar-refractivity contribution in [1.82, 2.24) is 0 Å². The van der Waals surface area contributed by atoms with Gasteiger partial charge in [0.15, 0.2) is 0 Å². The third kappa shape index (κ3) is 4.32. The van der Waals surface area contributed by atoms with Crippen LogP contribution in [0.15, 0.2) is 0 Å². The van der Waals surface area contributed by atoms with Crippen molar-refractivity contribution in [1.29, 1.82) is 0 Å². The minimum Gasteiger partial charge on any atom is -0.372 e. The Bertz CT molecular complexity index is 239. The number of hydrogen-bond acceptors (Lipinski definition) is 4. The molecule has 3 rings (SSSR count). The highest BCUT2D eigenvalue weighted by atomic mass is 32.2. The van der Waals surface area contributed by atoms with E-state index in [1.165, 1.54) is 56.5 Å². The summed E-state index contributed by atoms with van der Waals surface area (Å²) in [5.74, 6) is 2.41. The van der Waals surface area contributed by atoms with E-state index in [0.29, 0.717) is 16.3 Å². The molecule has 2 heterocycles. The molecule has 104 valence electrons. The Morgan fingerprint density at radius 2 is 1.22 bits per heavy atom. The van der Waals surface area contributed by atoms with E-state index >= 15 is 0 Å². The molecule has 2 atom stereocenters. The number of epoxide rings is 2. The molecule has 2 aliphatic heterocycles. The Morgan fingerprint density at radius 1 is 0.778 bits per heavy atom. The molecular weight excluding hydrogens is 264 g/mol. The van der Waals surface area contributed by atoms with Crippen molar-refractivity contribution in [3.05, 3.63) is 0 Å². The number of rotatable bonds is 6. The maximum Gasteiger partial charge on any atom is 0.0900 e. The van der Waals surface area contributed by atoms with Crippen LogP contribution in [0.2, 0.25) is 0 Å². The lowest BCUT2D eigenvalue weighted by Gasteiger charge is -2.34. The molecule has 0 aromatic rings. The summed E-state index contributed by atoms with van der Waals surface area (Å²) in [6.45, 7) is 2.00. The minimum absolute atomic E-state index is 0.471. The monoisotopic (exact) mass is 288 g/mol. The lowest BCUT2D eigenvalue weighted by Crippen LogP contribution is -2.24. The smallest absolute Gasteiger partial charge is 0.0900 e. The van der Waals surface area contributed by atoms with E-state index in [-0.39, 0.29) is 0 Å². The molecular formula is C14H24O2S2. The van der Waals surface area contributed by atoms with E-state index in [2.05, 4.69) is 23.5 Å². The second-order valence-corrected chi connectivity index (χ2v) is 8.78. The van der Waals surface area contributed by atoms with E-state index in [4.69, 9.17) is 9.47 Å². The molecule has 1 aliphatic carbocycles. The average Bonchev–Trinajstić information content (AvgIpc) is 3.22. The highest BCUT2D eigenvalue weighted by molar-refractivity contribution is 8.18. The normalized spacial score (nSPS) is 34.7. The second kappa shape index (κ2) is 6.38. The van der Waals surface area contributed by atoms with Gasteiger partial charge in [0.25, 0.3) is 0 Å². The first kappa shape index (κ1) is 13.6. The Kier molecular flexibility index (Phi) is 4.82. The molecule has 0 radical (unpaired) electrons. The number of hydrogen-bond donors (Lipinski definition) is 0. The molecule has 4 heteroatoms. The fourth-order valence-electron chi connectivity index (χ4n) is 2.59. The molecule has 3 aliphatic rings. The zero-order valence-corrected chi connectivity index (χ0v) is 12.7. The van der Waals surface area contributed by atoms with Gasteiger partial charge in [-0.05, 0) is 12.8 Å². The van der Waals surface area contributed by atoms with Crippen molar-refractivity contribution >= 4 is 23.5 Å². The van der Waals surface area contributed by atoms with E-state index in [0.717, 1.165) is 13.2 Å². The number of thioether (sulfide) groups is 2. The van der Waals surface area contributed by atoms with Crippen LogP contribution in [-0.2, 0) is 9.47 Å². The van der Waals surface area contributed by atoms with Gasteiger partial charge in [-0.2, -0.15) is 0 Å². The van der Waals surface area contributed by atoms with Crippen LogP contribution in [0.5, 0.6) is 0 Å². The summed E-state index contributed by atoms with van der Waals surface area (Å²) < 4.78 is 11.2. The van der Waals surface area contributed by atoms with Crippen LogP contribution in [0.1, 0.15) is 44.9 Å². The molecule has 0 aromatic carbocycles. The highest BCUT2D eigenvalue weighted by Crippen LogP contribution is 2.48. The van der Waals surface area contributed by atoms with E-state index < -0.39 is 0 Å². The van der Waals surface area contributed by atoms with Gasteiger partial charge in [0.2, 0.25) is 0 Å². The maximum atomic E-state index is 5.38. The summed E-state index contributed by atoms with van der Waals surface area (Å²) in [7, 11) is 0. The Hall–Kier alpha value is 0.620. The fraction of sp³-hybridized carbons (Fsp3) is 1.00. The summed E-state index contributed by atoms with van der Waals surface area (Å²) in [4.78, 5) is 0. The minimum atomic E-state index is 0.471. The molecule has 0 bridgehead atoms. The quantitative estimate of drug-likeness (QED) is 0.550. The molecule has 1 saturated carbocycles. The van der Waals surface area contributed by atoms with Crippen molar-refractivity contribution in [2.75, 3.05) is 24.7 Å². The van der Waals surface area contributed by atoms with Gasteiger partial charge in [-0.1, -0.05) is 32.1 Å². The Labute approximate surface area is 119 Å². The Balaban J connectivity index is 1.54. The van der Waals surface area contributed by atoms with Crippen LogP contribution in [0, 0.1) is 0 Å². The average molecular weight is 288 g/mol. The molecule has 18 heavy (non-hydrogen) atoms. The van der Waals surface area contributed by atoms with E-state index in [1.54, 1.807) is 0 Å². The summed E-state index contributed by atoms with van der Waals surface area (Å²) in [6, 6.07) is 0. The van der Waals surface area contributed by atoms with Crippen molar-refractivity contribution in [3.8, 4) is 0 Å². The van der Waals surface area contributed by atoms with Crippen LogP contribution >= 0.6 is 23.5 Å². The first-order chi connectivity index (χ1) is 8.86. The first-order valence-corrected chi connectivity index (χ1v) is 9.35. The molecule has 2 nitrogen and oxygen atoms in total. The summed E-state index contributed by atoms with van der Waals surface area (Å²) in [5, 5.41) is 0. The van der Waals surface area contributed by atoms with Gasteiger partial charge in [0.1, 0.15) is 0 Å². The lowest BCUT2D eigenvalue weighted by atomic mass is 10.00. The lowest BCUT2D eigenvalue weighted by molar-refractivity contribution is 0.424. The Morgan fingerprint density at radius 3 is 1.67 bits per heavy atom. The summed E-state index contributed by atoms with van der Waals surface area (Å²) in [6.07, 6.45) is 11.1. The third-order valence-corrected chi connectivity index (χ3v) is 7.64. The van der Waals surface area contributed by atoms with Gasteiger partial charge in [-0.3, -0.25) is 0 Å². The molecule has 0 spiro atoms. The SMILES string of the molecule is C1CCCC(SCC2CO2)(SCC2CO2)CCC1. The molecule has 0 amide bonds. The summed E-state index contributed by atoms with van der Waals surface area (Å²) in [5.41, 5.74) is 0. The van der Waals surface area contributed by atoms with Crippen LogP contribution in [0.4, 0.5) is 0 Å². The van der Waals surface area contributed by atoms with Gasteiger partial charge < -0.3 is 9.47 Å². The van der Waals surface area contributed by atoms with Gasteiger partial charge >= 0.3 is 0 Å². The standard InChI is InChI=1S/C14H24O2S2/c1-2-4-6-14(7-5-3-1,17-10-12-8-15-12)18-11-13-9-16-13/h12-13H,1-11H2. The van der Waals surface area contributed by atoms with Crippen LogP contribution in [0.3, 0.4) is 0 Å². The fourth-order valence-corrected chi connectivity index (χ4v) is 5.85. The molecule has 2 saturated heterocycles. The highest BCUT2D eigenvalue weighted by Gasteiger charge is 2.36. The predicted octanol–water partition coefficient (Wildman–Crippen LogP) is 3.69. The van der Waals surface area contributed by atoms with Gasteiger partial charge in [-0.25, -0.2) is 0 Å². The van der Waals surface area contributed by atoms with Gasteiger partial charge in [0.05, 0.1) is 29.5 Å². The zero-order valence-electron chi connectivity index (χ0n) is 11.1. The van der Waals surface area contributed by atoms with E-state index in [1.807, 2.05) is 0 Å². The van der Waals surface area contributed by atoms with Crippen LogP contribution < -0.4 is 0 Å². The number of ether oxygens (including phenoxy) is 2. The first-order valence-electron chi connectivity index (χ1n) is 7.37. The molecule has 3 fully saturated rings. The predicted molar refractivity (Wildman–Crippen MR) is 79.4 cm³/mol. The van der Waals surface area contributed by atoms with Crippen molar-refractivity contribution in [2.45, 2.75) is 61.2 Å².